The number of nitrogens with zero attached hydrogens (tertiary/aromatic N) is 1. The molecule has 2 N–H and O–H groups in total. The van der Waals surface area contributed by atoms with Gasteiger partial charge in [0.25, 0.3) is 0 Å². The highest BCUT2D eigenvalue weighted by atomic mass is 16.3. The summed E-state index contributed by atoms with van der Waals surface area (Å²) in [6.45, 7) is 2.40. The van der Waals surface area contributed by atoms with Gasteiger partial charge in [-0.15, -0.1) is 0 Å². The van der Waals surface area contributed by atoms with E-state index < -0.39 is 0 Å². The van der Waals surface area contributed by atoms with Crippen molar-refractivity contribution in [2.24, 2.45) is 0 Å². The minimum Gasteiger partial charge on any atom is -0.493 e. The third-order valence-corrected chi connectivity index (χ3v) is 1.78. The van der Waals surface area contributed by atoms with E-state index in [0.29, 0.717) is 13.0 Å². The van der Waals surface area contributed by atoms with Crippen LogP contribution in [0.15, 0.2) is 18.3 Å². The minimum absolute atomic E-state index is 0.0211. The first kappa shape index (κ1) is 10.5. The molecule has 0 aliphatic heterocycles. The van der Waals surface area contributed by atoms with Gasteiger partial charge < -0.3 is 10.4 Å². The molecule has 0 bridgehead atoms. The van der Waals surface area contributed by atoms with Gasteiger partial charge in [-0.2, -0.15) is 0 Å². The van der Waals surface area contributed by atoms with Gasteiger partial charge >= 0.3 is 0 Å². The summed E-state index contributed by atoms with van der Waals surface area (Å²) >= 11 is 0. The summed E-state index contributed by atoms with van der Waals surface area (Å²) in [4.78, 5) is 14.8. The fourth-order valence-corrected chi connectivity index (χ4v) is 1.09. The van der Waals surface area contributed by atoms with Gasteiger partial charge in [0.05, 0.1) is 0 Å². The molecule has 14 heavy (non-hydrogen) atoms. The van der Waals surface area contributed by atoms with Gasteiger partial charge in [-0.25, -0.2) is 4.98 Å². The molecule has 1 aromatic heterocycles. The Balaban J connectivity index is 2.41. The lowest BCUT2D eigenvalue weighted by Crippen LogP contribution is -2.21. The molecule has 0 atom stereocenters. The zero-order valence-corrected chi connectivity index (χ0v) is 8.16. The number of amides is 1. The van der Waals surface area contributed by atoms with Crippen molar-refractivity contribution < 1.29 is 9.90 Å². The quantitative estimate of drug-likeness (QED) is 0.757. The second-order valence-corrected chi connectivity index (χ2v) is 3.05. The molecule has 0 fully saturated rings. The summed E-state index contributed by atoms with van der Waals surface area (Å²) in [6, 6.07) is 3.29. The van der Waals surface area contributed by atoms with Crippen molar-refractivity contribution in [1.82, 2.24) is 10.3 Å². The highest BCUT2D eigenvalue weighted by Gasteiger charge is 1.99. The average Bonchev–Trinajstić information content (AvgIpc) is 2.15. The van der Waals surface area contributed by atoms with Gasteiger partial charge in [-0.3, -0.25) is 4.79 Å². The van der Waals surface area contributed by atoms with Gasteiger partial charge in [0.1, 0.15) is 0 Å². The molecule has 1 heterocycles. The Morgan fingerprint density at radius 3 is 3.07 bits per heavy atom. The van der Waals surface area contributed by atoms with Crippen LogP contribution in [0.25, 0.3) is 0 Å². The van der Waals surface area contributed by atoms with E-state index in [-0.39, 0.29) is 11.8 Å². The van der Waals surface area contributed by atoms with Gasteiger partial charge in [-0.05, 0) is 18.1 Å². The zero-order chi connectivity index (χ0) is 10.4. The van der Waals surface area contributed by atoms with Crippen LogP contribution in [0.2, 0.25) is 0 Å². The van der Waals surface area contributed by atoms with E-state index in [2.05, 4.69) is 10.3 Å². The highest BCUT2D eigenvalue weighted by molar-refractivity contribution is 5.75. The first-order valence-electron chi connectivity index (χ1n) is 4.63. The molecule has 0 spiro atoms. The number of nitrogens with one attached hydrogen (secondary N) is 1. The van der Waals surface area contributed by atoms with E-state index in [1.54, 1.807) is 6.07 Å². The second kappa shape index (κ2) is 5.21. The summed E-state index contributed by atoms with van der Waals surface area (Å²) in [5, 5.41) is 11.8. The number of hydrogen-bond donors (Lipinski definition) is 2. The van der Waals surface area contributed by atoms with Crippen LogP contribution in [0, 0.1) is 0 Å². The molecule has 4 heteroatoms. The standard InChI is InChI=1S/C10H14N2O2/c1-2-3-9(13)12-7-8-4-5-11-10(14)6-8/h4-6H,2-3,7H2,1H3,(H,11,14)(H,12,13). The fourth-order valence-electron chi connectivity index (χ4n) is 1.09. The zero-order valence-electron chi connectivity index (χ0n) is 8.16. The number of hydrogen-bond acceptors (Lipinski definition) is 3. The third-order valence-electron chi connectivity index (χ3n) is 1.78. The molecule has 4 nitrogen and oxygen atoms in total. The molecular weight excluding hydrogens is 180 g/mol. The number of carbonyl (C=O) groups is 1. The molecule has 0 unspecified atom stereocenters. The number of aromatic nitrogens is 1. The Morgan fingerprint density at radius 2 is 2.43 bits per heavy atom. The molecule has 0 aromatic carbocycles. The SMILES string of the molecule is CCCC(=O)NCc1ccnc(O)c1. The minimum atomic E-state index is -0.0211. The van der Waals surface area contributed by atoms with Gasteiger partial charge in [0.15, 0.2) is 0 Å². The van der Waals surface area contributed by atoms with Crippen LogP contribution in [-0.2, 0) is 11.3 Å². The van der Waals surface area contributed by atoms with Crippen LogP contribution in [0.5, 0.6) is 5.88 Å². The molecule has 0 saturated carbocycles. The first-order chi connectivity index (χ1) is 6.72. The van der Waals surface area contributed by atoms with Crippen molar-refractivity contribution in [1.29, 1.82) is 0 Å². The highest BCUT2D eigenvalue weighted by Crippen LogP contribution is 2.06. The molecule has 1 amide bonds. The Hall–Kier alpha value is -1.58. The van der Waals surface area contributed by atoms with Gasteiger partial charge in [0, 0.05) is 25.2 Å². The predicted octanol–water partition coefficient (Wildman–Crippen LogP) is 1.20. The molecule has 0 aliphatic rings. The van der Waals surface area contributed by atoms with E-state index in [4.69, 9.17) is 5.11 Å². The monoisotopic (exact) mass is 194 g/mol. The van der Waals surface area contributed by atoms with Crippen molar-refractivity contribution in [3.8, 4) is 5.88 Å². The normalized spacial score (nSPS) is 9.79. The maximum Gasteiger partial charge on any atom is 0.220 e. The van der Waals surface area contributed by atoms with E-state index in [1.807, 2.05) is 6.92 Å². The number of rotatable bonds is 4. The van der Waals surface area contributed by atoms with Crippen LogP contribution in [0.3, 0.4) is 0 Å². The van der Waals surface area contributed by atoms with Crippen LogP contribution in [-0.4, -0.2) is 16.0 Å². The van der Waals surface area contributed by atoms with E-state index in [9.17, 15) is 4.79 Å². The topological polar surface area (TPSA) is 62.2 Å². The van der Waals surface area contributed by atoms with E-state index in [1.165, 1.54) is 12.3 Å². The Kier molecular flexibility index (Phi) is 3.91. The van der Waals surface area contributed by atoms with Crippen molar-refractivity contribution in [2.45, 2.75) is 26.3 Å². The predicted molar refractivity (Wildman–Crippen MR) is 52.7 cm³/mol. The maximum absolute atomic E-state index is 11.1. The van der Waals surface area contributed by atoms with Crippen molar-refractivity contribution in [2.75, 3.05) is 0 Å². The van der Waals surface area contributed by atoms with Crippen molar-refractivity contribution >= 4 is 5.91 Å². The summed E-state index contributed by atoms with van der Waals surface area (Å²) < 4.78 is 0. The van der Waals surface area contributed by atoms with Crippen molar-refractivity contribution in [3.63, 3.8) is 0 Å². The smallest absolute Gasteiger partial charge is 0.220 e. The summed E-state index contributed by atoms with van der Waals surface area (Å²) in [5.41, 5.74) is 0.849. The van der Waals surface area contributed by atoms with E-state index in [0.717, 1.165) is 12.0 Å². The van der Waals surface area contributed by atoms with E-state index >= 15 is 0 Å². The third kappa shape index (κ3) is 3.43. The van der Waals surface area contributed by atoms with Crippen LogP contribution in [0.1, 0.15) is 25.3 Å². The lowest BCUT2D eigenvalue weighted by molar-refractivity contribution is -0.121. The Morgan fingerprint density at radius 1 is 1.64 bits per heavy atom. The van der Waals surface area contributed by atoms with Gasteiger partial charge in [-0.1, -0.05) is 6.92 Å². The second-order valence-electron chi connectivity index (χ2n) is 3.05. The molecular formula is C10H14N2O2. The lowest BCUT2D eigenvalue weighted by atomic mass is 10.2. The number of carbonyl (C=O) groups excluding carboxylic acids is 1. The van der Waals surface area contributed by atoms with Crippen LogP contribution < -0.4 is 5.32 Å². The summed E-state index contributed by atoms with van der Waals surface area (Å²) in [5.74, 6) is 0.0102. The summed E-state index contributed by atoms with van der Waals surface area (Å²) in [7, 11) is 0. The molecule has 1 aromatic rings. The van der Waals surface area contributed by atoms with Crippen LogP contribution in [0.4, 0.5) is 0 Å². The Bertz CT molecular complexity index is 313. The summed E-state index contributed by atoms with van der Waals surface area (Å²) in [6.07, 6.45) is 2.89. The number of pyridine rings is 1. The van der Waals surface area contributed by atoms with Gasteiger partial charge in [0.2, 0.25) is 11.8 Å². The molecule has 1 rings (SSSR count). The molecule has 0 saturated heterocycles. The Labute approximate surface area is 83.0 Å². The fraction of sp³-hybridized carbons (Fsp3) is 0.400. The molecule has 0 aliphatic carbocycles. The average molecular weight is 194 g/mol. The molecule has 0 radical (unpaired) electrons. The largest absolute Gasteiger partial charge is 0.493 e. The number of aromatic hydroxyl groups is 1. The first-order valence-corrected chi connectivity index (χ1v) is 4.63. The molecule has 76 valence electrons. The maximum atomic E-state index is 11.1. The van der Waals surface area contributed by atoms with Crippen LogP contribution >= 0.6 is 0 Å². The van der Waals surface area contributed by atoms with Crippen molar-refractivity contribution in [3.05, 3.63) is 23.9 Å². The lowest BCUT2D eigenvalue weighted by Gasteiger charge is -2.03.